The summed E-state index contributed by atoms with van der Waals surface area (Å²) >= 11 is 1.53. The molecular weight excluding hydrogens is 360 g/mol. The average molecular weight is 387 g/mol. The van der Waals surface area contributed by atoms with Crippen LogP contribution in [0.3, 0.4) is 0 Å². The highest BCUT2D eigenvalue weighted by molar-refractivity contribution is 7.13. The lowest BCUT2D eigenvalue weighted by Gasteiger charge is -2.34. The van der Waals surface area contributed by atoms with Crippen LogP contribution < -0.4 is 5.32 Å². The summed E-state index contributed by atoms with van der Waals surface area (Å²) in [5.41, 5.74) is 0.0856. The number of hydrogen-bond donors (Lipinski definition) is 2. The molecule has 144 valence electrons. The van der Waals surface area contributed by atoms with E-state index in [2.05, 4.69) is 10.3 Å². The summed E-state index contributed by atoms with van der Waals surface area (Å²) in [5, 5.41) is 16.7. The predicted octanol–water partition coefficient (Wildman–Crippen LogP) is 4.03. The monoisotopic (exact) mass is 386 g/mol. The Hall–Kier alpha value is -1.99. The summed E-state index contributed by atoms with van der Waals surface area (Å²) in [4.78, 5) is 23.8. The molecule has 0 aromatic carbocycles. The largest absolute Gasteiger partial charge is 0.389 e. The van der Waals surface area contributed by atoms with E-state index in [1.807, 2.05) is 28.5 Å². The van der Waals surface area contributed by atoms with Crippen molar-refractivity contribution in [2.75, 3.05) is 11.9 Å². The number of carbonyl (C=O) groups is 1. The number of thiazole rings is 1. The second kappa shape index (κ2) is 7.94. The van der Waals surface area contributed by atoms with Crippen LogP contribution in [0.2, 0.25) is 0 Å². The third-order valence-electron chi connectivity index (χ3n) is 5.62. The van der Waals surface area contributed by atoms with Crippen molar-refractivity contribution < 1.29 is 9.90 Å². The molecule has 3 heterocycles. The summed E-state index contributed by atoms with van der Waals surface area (Å²) in [7, 11) is 0. The molecule has 1 saturated carbocycles. The van der Waals surface area contributed by atoms with Gasteiger partial charge in [-0.05, 0) is 37.8 Å². The Morgan fingerprint density at radius 3 is 2.93 bits per heavy atom. The van der Waals surface area contributed by atoms with Crippen LogP contribution in [0.25, 0.3) is 0 Å². The lowest BCUT2D eigenvalue weighted by atomic mass is 9.82. The van der Waals surface area contributed by atoms with Gasteiger partial charge in [0.1, 0.15) is 5.82 Å². The summed E-state index contributed by atoms with van der Waals surface area (Å²) in [6, 6.07) is 5.85. The van der Waals surface area contributed by atoms with Crippen molar-refractivity contribution in [3.63, 3.8) is 0 Å². The van der Waals surface area contributed by atoms with Crippen molar-refractivity contribution in [1.82, 2.24) is 14.9 Å². The van der Waals surface area contributed by atoms with Crippen LogP contribution in [-0.4, -0.2) is 38.0 Å². The summed E-state index contributed by atoms with van der Waals surface area (Å²) in [6.07, 6.45) is 8.54. The number of hydrogen-bond acceptors (Lipinski definition) is 6. The van der Waals surface area contributed by atoms with Crippen LogP contribution in [0, 0.1) is 0 Å². The van der Waals surface area contributed by atoms with Gasteiger partial charge in [0.15, 0.2) is 5.13 Å². The lowest BCUT2D eigenvalue weighted by Crippen LogP contribution is -2.40. The maximum atomic E-state index is 13.0. The van der Waals surface area contributed by atoms with E-state index in [0.717, 1.165) is 68.1 Å². The fourth-order valence-corrected chi connectivity index (χ4v) is 4.78. The third kappa shape index (κ3) is 4.30. The van der Waals surface area contributed by atoms with Gasteiger partial charge in [-0.15, -0.1) is 11.3 Å². The molecule has 6 nitrogen and oxygen atoms in total. The number of anilines is 2. The highest BCUT2D eigenvalue weighted by atomic mass is 32.1. The standard InChI is InChI=1S/C20H26N4O2S/c25-18(14-20(26)9-2-1-3-10-20)24-12-5-7-16(24)15-6-4-8-17(22-15)23-19-21-11-13-27-19/h4,6,8,11,13,16,26H,1-3,5,7,9-10,12,14H2,(H,21,22,23)/t16-/m1/s1. The zero-order chi connectivity index (χ0) is 18.7. The van der Waals surface area contributed by atoms with Gasteiger partial charge >= 0.3 is 0 Å². The molecule has 1 aliphatic carbocycles. The molecule has 1 amide bonds. The topological polar surface area (TPSA) is 78.4 Å². The van der Waals surface area contributed by atoms with Crippen LogP contribution >= 0.6 is 11.3 Å². The first-order valence-electron chi connectivity index (χ1n) is 9.78. The second-order valence-electron chi connectivity index (χ2n) is 7.62. The molecule has 4 rings (SSSR count). The SMILES string of the molecule is O=C(CC1(O)CCCCC1)N1CCC[C@@H]1c1cccc(Nc2nccs2)n1. The van der Waals surface area contributed by atoms with Gasteiger partial charge in [0.25, 0.3) is 0 Å². The number of amides is 1. The van der Waals surface area contributed by atoms with Gasteiger partial charge in [-0.1, -0.05) is 25.3 Å². The van der Waals surface area contributed by atoms with Gasteiger partial charge in [-0.2, -0.15) is 0 Å². The molecule has 27 heavy (non-hydrogen) atoms. The molecule has 1 atom stereocenters. The molecule has 0 bridgehead atoms. The van der Waals surface area contributed by atoms with E-state index < -0.39 is 5.60 Å². The highest BCUT2D eigenvalue weighted by Crippen LogP contribution is 2.36. The molecule has 2 aliphatic rings. The minimum absolute atomic E-state index is 0.0114. The Labute approximate surface area is 163 Å². The van der Waals surface area contributed by atoms with Gasteiger partial charge in [0, 0.05) is 18.1 Å². The Bertz CT molecular complexity index is 774. The maximum Gasteiger partial charge on any atom is 0.226 e. The van der Waals surface area contributed by atoms with Crippen molar-refractivity contribution in [3.8, 4) is 0 Å². The molecule has 0 unspecified atom stereocenters. The van der Waals surface area contributed by atoms with Gasteiger partial charge < -0.3 is 15.3 Å². The van der Waals surface area contributed by atoms with E-state index in [0.29, 0.717) is 0 Å². The van der Waals surface area contributed by atoms with Crippen molar-refractivity contribution in [3.05, 3.63) is 35.5 Å². The van der Waals surface area contributed by atoms with Crippen LogP contribution in [0.15, 0.2) is 29.8 Å². The normalized spacial score (nSPS) is 22.0. The minimum atomic E-state index is -0.815. The molecule has 1 aliphatic heterocycles. The Kier molecular flexibility index (Phi) is 5.41. The van der Waals surface area contributed by atoms with Gasteiger partial charge in [-0.25, -0.2) is 9.97 Å². The molecule has 2 aromatic rings. The first kappa shape index (κ1) is 18.4. The number of nitrogens with zero attached hydrogens (tertiary/aromatic N) is 3. The average Bonchev–Trinajstić information content (AvgIpc) is 3.34. The van der Waals surface area contributed by atoms with Crippen molar-refractivity contribution in [2.24, 2.45) is 0 Å². The molecule has 1 saturated heterocycles. The molecule has 2 N–H and O–H groups in total. The minimum Gasteiger partial charge on any atom is -0.389 e. The van der Waals surface area contributed by atoms with Gasteiger partial charge in [0.2, 0.25) is 5.91 Å². The van der Waals surface area contributed by atoms with Crippen LogP contribution in [0.5, 0.6) is 0 Å². The second-order valence-corrected chi connectivity index (χ2v) is 8.51. The van der Waals surface area contributed by atoms with E-state index in [4.69, 9.17) is 4.98 Å². The lowest BCUT2D eigenvalue weighted by molar-refractivity contribution is -0.138. The molecule has 7 heteroatoms. The zero-order valence-corrected chi connectivity index (χ0v) is 16.2. The molecule has 0 radical (unpaired) electrons. The maximum absolute atomic E-state index is 13.0. The molecular formula is C20H26N4O2S. The summed E-state index contributed by atoms with van der Waals surface area (Å²) in [6.45, 7) is 0.741. The number of carbonyl (C=O) groups excluding carboxylic acids is 1. The first-order chi connectivity index (χ1) is 13.1. The van der Waals surface area contributed by atoms with Crippen LogP contribution in [0.1, 0.15) is 63.1 Å². The Balaban J connectivity index is 1.47. The molecule has 2 aromatic heterocycles. The number of rotatable bonds is 5. The molecule has 2 fully saturated rings. The van der Waals surface area contributed by atoms with Crippen LogP contribution in [0.4, 0.5) is 10.9 Å². The smallest absolute Gasteiger partial charge is 0.226 e. The number of pyridine rings is 1. The zero-order valence-electron chi connectivity index (χ0n) is 15.4. The summed E-state index contributed by atoms with van der Waals surface area (Å²) < 4.78 is 0. The van der Waals surface area contributed by atoms with Gasteiger partial charge in [0.05, 0.1) is 23.8 Å². The number of likely N-dealkylation sites (tertiary alicyclic amines) is 1. The quantitative estimate of drug-likeness (QED) is 0.811. The Morgan fingerprint density at radius 1 is 1.30 bits per heavy atom. The fraction of sp³-hybridized carbons (Fsp3) is 0.550. The number of nitrogens with one attached hydrogen (secondary N) is 1. The number of aromatic nitrogens is 2. The van der Waals surface area contributed by atoms with Gasteiger partial charge in [-0.3, -0.25) is 4.79 Å². The first-order valence-corrected chi connectivity index (χ1v) is 10.7. The van der Waals surface area contributed by atoms with Crippen molar-refractivity contribution in [1.29, 1.82) is 0 Å². The Morgan fingerprint density at radius 2 is 2.15 bits per heavy atom. The predicted molar refractivity (Wildman–Crippen MR) is 106 cm³/mol. The van der Waals surface area contributed by atoms with Crippen LogP contribution in [-0.2, 0) is 4.79 Å². The molecule has 0 spiro atoms. The van der Waals surface area contributed by atoms with Crippen molar-refractivity contribution in [2.45, 2.75) is 63.0 Å². The van der Waals surface area contributed by atoms with E-state index in [1.54, 1.807) is 6.20 Å². The van der Waals surface area contributed by atoms with E-state index in [-0.39, 0.29) is 18.4 Å². The van der Waals surface area contributed by atoms with E-state index >= 15 is 0 Å². The highest BCUT2D eigenvalue weighted by Gasteiger charge is 2.37. The van der Waals surface area contributed by atoms with E-state index in [1.165, 1.54) is 11.3 Å². The third-order valence-corrected chi connectivity index (χ3v) is 6.31. The van der Waals surface area contributed by atoms with E-state index in [9.17, 15) is 9.90 Å². The number of aliphatic hydroxyl groups is 1. The fourth-order valence-electron chi connectivity index (χ4n) is 4.24. The summed E-state index contributed by atoms with van der Waals surface area (Å²) in [5.74, 6) is 0.801. The van der Waals surface area contributed by atoms with Crippen molar-refractivity contribution >= 4 is 28.2 Å².